The molecule has 0 bridgehead atoms. The van der Waals surface area contributed by atoms with E-state index in [4.69, 9.17) is 11.6 Å². The molecule has 0 aliphatic heterocycles. The van der Waals surface area contributed by atoms with Crippen molar-refractivity contribution < 1.29 is 4.79 Å². The number of benzene rings is 2. The van der Waals surface area contributed by atoms with Crippen LogP contribution in [0.3, 0.4) is 0 Å². The van der Waals surface area contributed by atoms with E-state index in [0.717, 1.165) is 11.1 Å². The Morgan fingerprint density at radius 2 is 1.90 bits per heavy atom. The van der Waals surface area contributed by atoms with Gasteiger partial charge in [0.15, 0.2) is 0 Å². The monoisotopic (exact) mass is 302 g/mol. The van der Waals surface area contributed by atoms with E-state index < -0.39 is 0 Å². The van der Waals surface area contributed by atoms with Gasteiger partial charge in [-0.1, -0.05) is 48.0 Å². The fourth-order valence-electron chi connectivity index (χ4n) is 1.98. The molecule has 0 aliphatic rings. The number of aryl methyl sites for hydroxylation is 1. The summed E-state index contributed by atoms with van der Waals surface area (Å²) in [7, 11) is 0. The summed E-state index contributed by atoms with van der Waals surface area (Å²) >= 11 is 6.04. The molecule has 0 heterocycles. The number of rotatable bonds is 5. The van der Waals surface area contributed by atoms with Crippen molar-refractivity contribution in [3.8, 4) is 0 Å². The number of amides is 1. The van der Waals surface area contributed by atoms with Gasteiger partial charge < -0.3 is 10.6 Å². The van der Waals surface area contributed by atoms with Crippen LogP contribution in [0.4, 0.5) is 5.69 Å². The van der Waals surface area contributed by atoms with Crippen molar-refractivity contribution >= 4 is 23.2 Å². The average Bonchev–Trinajstić information content (AvgIpc) is 2.49. The molecular formula is C17H19ClN2O. The minimum atomic E-state index is -0.0855. The van der Waals surface area contributed by atoms with Gasteiger partial charge in [-0.3, -0.25) is 4.79 Å². The molecule has 1 unspecified atom stereocenters. The molecule has 2 aromatic carbocycles. The highest BCUT2D eigenvalue weighted by Gasteiger charge is 2.08. The molecule has 1 atom stereocenters. The molecular weight excluding hydrogens is 284 g/mol. The molecule has 1 amide bonds. The Bertz CT molecular complexity index is 613. The third-order valence-corrected chi connectivity index (χ3v) is 3.73. The molecule has 21 heavy (non-hydrogen) atoms. The lowest BCUT2D eigenvalue weighted by Gasteiger charge is -2.14. The average molecular weight is 303 g/mol. The van der Waals surface area contributed by atoms with Gasteiger partial charge in [-0.05, 0) is 37.1 Å². The van der Waals surface area contributed by atoms with E-state index >= 15 is 0 Å². The second-order valence-corrected chi connectivity index (χ2v) is 5.43. The minimum absolute atomic E-state index is 0.0855. The van der Waals surface area contributed by atoms with E-state index in [0.29, 0.717) is 10.7 Å². The second kappa shape index (κ2) is 7.25. The zero-order chi connectivity index (χ0) is 15.2. The zero-order valence-electron chi connectivity index (χ0n) is 12.2. The highest BCUT2D eigenvalue weighted by Crippen LogP contribution is 2.19. The normalized spacial score (nSPS) is 12.0. The van der Waals surface area contributed by atoms with E-state index in [-0.39, 0.29) is 18.5 Å². The van der Waals surface area contributed by atoms with Crippen molar-refractivity contribution in [2.45, 2.75) is 19.9 Å². The highest BCUT2D eigenvalue weighted by atomic mass is 35.5. The largest absolute Gasteiger partial charge is 0.325 e. The SMILES string of the molecule is Cc1ccc(NC(=O)CNC(C)c2ccccc2)cc1Cl. The van der Waals surface area contributed by atoms with Crippen molar-refractivity contribution in [1.29, 1.82) is 0 Å². The first-order valence-corrected chi connectivity index (χ1v) is 7.28. The first kappa shape index (κ1) is 15.5. The van der Waals surface area contributed by atoms with Crippen molar-refractivity contribution in [3.63, 3.8) is 0 Å². The summed E-state index contributed by atoms with van der Waals surface area (Å²) in [5.41, 5.74) is 2.86. The Kier molecular flexibility index (Phi) is 5.37. The van der Waals surface area contributed by atoms with Gasteiger partial charge in [-0.15, -0.1) is 0 Å². The number of nitrogens with one attached hydrogen (secondary N) is 2. The predicted octanol–water partition coefficient (Wildman–Crippen LogP) is 3.94. The lowest BCUT2D eigenvalue weighted by atomic mass is 10.1. The summed E-state index contributed by atoms with van der Waals surface area (Å²) < 4.78 is 0. The minimum Gasteiger partial charge on any atom is -0.325 e. The van der Waals surface area contributed by atoms with Gasteiger partial charge in [0.05, 0.1) is 6.54 Å². The van der Waals surface area contributed by atoms with E-state index in [1.165, 1.54) is 0 Å². The lowest BCUT2D eigenvalue weighted by Crippen LogP contribution is -2.30. The van der Waals surface area contributed by atoms with Crippen LogP contribution in [0.25, 0.3) is 0 Å². The van der Waals surface area contributed by atoms with E-state index in [1.54, 1.807) is 6.07 Å². The molecule has 0 fully saturated rings. The molecule has 0 aliphatic carbocycles. The Hall–Kier alpha value is -1.84. The molecule has 0 saturated heterocycles. The van der Waals surface area contributed by atoms with Gasteiger partial charge in [0, 0.05) is 16.8 Å². The van der Waals surface area contributed by atoms with Crippen LogP contribution in [-0.2, 0) is 4.79 Å². The Morgan fingerprint density at radius 3 is 2.57 bits per heavy atom. The number of hydrogen-bond donors (Lipinski definition) is 2. The fourth-order valence-corrected chi connectivity index (χ4v) is 2.16. The summed E-state index contributed by atoms with van der Waals surface area (Å²) in [6.45, 7) is 4.21. The van der Waals surface area contributed by atoms with E-state index in [2.05, 4.69) is 10.6 Å². The molecule has 0 spiro atoms. The first-order chi connectivity index (χ1) is 10.1. The molecule has 0 aromatic heterocycles. The fraction of sp³-hybridized carbons (Fsp3) is 0.235. The van der Waals surface area contributed by atoms with Crippen LogP contribution in [-0.4, -0.2) is 12.5 Å². The maximum absolute atomic E-state index is 11.9. The predicted molar refractivity (Wildman–Crippen MR) is 87.7 cm³/mol. The van der Waals surface area contributed by atoms with Crippen LogP contribution in [0.15, 0.2) is 48.5 Å². The third kappa shape index (κ3) is 4.59. The van der Waals surface area contributed by atoms with Crippen molar-refractivity contribution in [3.05, 3.63) is 64.7 Å². The summed E-state index contributed by atoms with van der Waals surface area (Å²) in [6, 6.07) is 15.6. The van der Waals surface area contributed by atoms with Crippen LogP contribution in [0, 0.1) is 6.92 Å². The van der Waals surface area contributed by atoms with Crippen molar-refractivity contribution in [2.24, 2.45) is 0 Å². The molecule has 110 valence electrons. The van der Waals surface area contributed by atoms with Crippen molar-refractivity contribution in [2.75, 3.05) is 11.9 Å². The van der Waals surface area contributed by atoms with Gasteiger partial charge in [-0.25, -0.2) is 0 Å². The van der Waals surface area contributed by atoms with Gasteiger partial charge in [0.1, 0.15) is 0 Å². The van der Waals surface area contributed by atoms with Gasteiger partial charge in [0.2, 0.25) is 5.91 Å². The van der Waals surface area contributed by atoms with Gasteiger partial charge in [0.25, 0.3) is 0 Å². The number of carbonyl (C=O) groups excluding carboxylic acids is 1. The summed E-state index contributed by atoms with van der Waals surface area (Å²) in [4.78, 5) is 11.9. The zero-order valence-corrected chi connectivity index (χ0v) is 12.9. The molecule has 4 heteroatoms. The van der Waals surface area contributed by atoms with E-state index in [9.17, 15) is 4.79 Å². The first-order valence-electron chi connectivity index (χ1n) is 6.90. The van der Waals surface area contributed by atoms with Crippen LogP contribution < -0.4 is 10.6 Å². The number of anilines is 1. The molecule has 0 saturated carbocycles. The molecule has 2 aromatic rings. The third-order valence-electron chi connectivity index (χ3n) is 3.32. The Balaban J connectivity index is 1.86. The van der Waals surface area contributed by atoms with Crippen LogP contribution in [0.5, 0.6) is 0 Å². The van der Waals surface area contributed by atoms with Crippen LogP contribution in [0.1, 0.15) is 24.1 Å². The van der Waals surface area contributed by atoms with Crippen LogP contribution >= 0.6 is 11.6 Å². The van der Waals surface area contributed by atoms with E-state index in [1.807, 2.05) is 56.3 Å². The number of hydrogen-bond acceptors (Lipinski definition) is 2. The number of carbonyl (C=O) groups is 1. The molecule has 0 radical (unpaired) electrons. The molecule has 2 N–H and O–H groups in total. The lowest BCUT2D eigenvalue weighted by molar-refractivity contribution is -0.115. The Labute approximate surface area is 130 Å². The van der Waals surface area contributed by atoms with Gasteiger partial charge >= 0.3 is 0 Å². The quantitative estimate of drug-likeness (QED) is 0.878. The topological polar surface area (TPSA) is 41.1 Å². The Morgan fingerprint density at radius 1 is 1.19 bits per heavy atom. The van der Waals surface area contributed by atoms with Gasteiger partial charge in [-0.2, -0.15) is 0 Å². The molecule has 3 nitrogen and oxygen atoms in total. The summed E-state index contributed by atoms with van der Waals surface area (Å²) in [5, 5.41) is 6.68. The summed E-state index contributed by atoms with van der Waals surface area (Å²) in [5.74, 6) is -0.0855. The molecule has 2 rings (SSSR count). The van der Waals surface area contributed by atoms with Crippen molar-refractivity contribution in [1.82, 2.24) is 5.32 Å². The highest BCUT2D eigenvalue weighted by molar-refractivity contribution is 6.31. The van der Waals surface area contributed by atoms with Crippen LogP contribution in [0.2, 0.25) is 5.02 Å². The maximum atomic E-state index is 11.9. The smallest absolute Gasteiger partial charge is 0.238 e. The standard InChI is InChI=1S/C17H19ClN2O/c1-12-8-9-15(10-16(12)18)20-17(21)11-19-13(2)14-6-4-3-5-7-14/h3-10,13,19H,11H2,1-2H3,(H,20,21). The summed E-state index contributed by atoms with van der Waals surface area (Å²) in [6.07, 6.45) is 0. The second-order valence-electron chi connectivity index (χ2n) is 5.03. The maximum Gasteiger partial charge on any atom is 0.238 e. The number of halogens is 1.